The maximum Gasteiger partial charge on any atom is 0.239 e. The summed E-state index contributed by atoms with van der Waals surface area (Å²) in [7, 11) is 1.80. The van der Waals surface area contributed by atoms with Crippen molar-refractivity contribution < 1.29 is 9.59 Å². The molecule has 0 aromatic heterocycles. The van der Waals surface area contributed by atoms with E-state index >= 15 is 0 Å². The molecule has 0 aromatic rings. The van der Waals surface area contributed by atoms with E-state index < -0.39 is 0 Å². The van der Waals surface area contributed by atoms with E-state index in [9.17, 15) is 9.59 Å². The minimum atomic E-state index is -0.0569. The third-order valence-corrected chi connectivity index (χ3v) is 3.36. The lowest BCUT2D eigenvalue weighted by Crippen LogP contribution is -2.38. The van der Waals surface area contributed by atoms with Crippen molar-refractivity contribution in [2.75, 3.05) is 33.2 Å². The minimum absolute atomic E-state index is 0.0569. The van der Waals surface area contributed by atoms with Gasteiger partial charge in [0.15, 0.2) is 0 Å². The van der Waals surface area contributed by atoms with Gasteiger partial charge in [-0.1, -0.05) is 0 Å². The van der Waals surface area contributed by atoms with Gasteiger partial charge < -0.3 is 15.1 Å². The average molecular weight is 241 g/mol. The highest BCUT2D eigenvalue weighted by molar-refractivity contribution is 5.84. The van der Waals surface area contributed by atoms with Crippen LogP contribution in [-0.4, -0.2) is 60.9 Å². The van der Waals surface area contributed by atoms with Gasteiger partial charge in [0.1, 0.15) is 0 Å². The number of likely N-dealkylation sites (N-methyl/N-ethyl adjacent to an activating group) is 1. The number of likely N-dealkylation sites (tertiary alicyclic amines) is 1. The molecule has 0 aromatic carbocycles. The van der Waals surface area contributed by atoms with Crippen molar-refractivity contribution in [1.82, 2.24) is 15.1 Å². The van der Waals surface area contributed by atoms with Gasteiger partial charge in [-0.2, -0.15) is 0 Å². The second-order valence-corrected chi connectivity index (χ2v) is 4.27. The van der Waals surface area contributed by atoms with Gasteiger partial charge in [-0.15, -0.1) is 0 Å². The second-order valence-electron chi connectivity index (χ2n) is 4.27. The molecular weight excluding hydrogens is 218 g/mol. The van der Waals surface area contributed by atoms with Gasteiger partial charge in [-0.25, -0.2) is 0 Å². The van der Waals surface area contributed by atoms with Crippen LogP contribution in [0.15, 0.2) is 0 Å². The monoisotopic (exact) mass is 241 g/mol. The average Bonchev–Trinajstić information content (AvgIpc) is 2.69. The van der Waals surface area contributed by atoms with E-state index in [1.807, 2.05) is 13.8 Å². The van der Waals surface area contributed by atoms with Crippen LogP contribution in [0.25, 0.3) is 0 Å². The lowest BCUT2D eigenvalue weighted by molar-refractivity contribution is -0.133. The van der Waals surface area contributed by atoms with Gasteiger partial charge in [-0.3, -0.25) is 9.59 Å². The van der Waals surface area contributed by atoms with E-state index in [2.05, 4.69) is 5.32 Å². The highest BCUT2D eigenvalue weighted by Gasteiger charge is 2.30. The first kappa shape index (κ1) is 14.0. The summed E-state index contributed by atoms with van der Waals surface area (Å²) in [5, 5.41) is 2.99. The van der Waals surface area contributed by atoms with Crippen LogP contribution in [0.5, 0.6) is 0 Å². The largest absolute Gasteiger partial charge is 0.343 e. The Hall–Kier alpha value is -1.10. The number of amides is 2. The van der Waals surface area contributed by atoms with Crippen LogP contribution in [0, 0.1) is 0 Å². The third kappa shape index (κ3) is 3.43. The Morgan fingerprint density at radius 1 is 1.47 bits per heavy atom. The predicted molar refractivity (Wildman–Crippen MR) is 66.6 cm³/mol. The Labute approximate surface area is 103 Å². The Morgan fingerprint density at radius 3 is 2.59 bits per heavy atom. The normalized spacial score (nSPS) is 19.8. The maximum absolute atomic E-state index is 11.8. The smallest absolute Gasteiger partial charge is 0.239 e. The van der Waals surface area contributed by atoms with Crippen LogP contribution in [0.3, 0.4) is 0 Å². The molecule has 1 heterocycles. The molecule has 1 unspecified atom stereocenters. The molecule has 1 saturated heterocycles. The highest BCUT2D eigenvalue weighted by atomic mass is 16.2. The summed E-state index contributed by atoms with van der Waals surface area (Å²) in [6.07, 6.45) is 1.28. The molecule has 98 valence electrons. The Kier molecular flexibility index (Phi) is 5.41. The Balaban J connectivity index is 2.36. The van der Waals surface area contributed by atoms with Gasteiger partial charge in [0.05, 0.1) is 6.04 Å². The number of carbonyl (C=O) groups is 2. The zero-order valence-electron chi connectivity index (χ0n) is 11.0. The summed E-state index contributed by atoms with van der Waals surface area (Å²) < 4.78 is 0. The first-order chi connectivity index (χ1) is 8.13. The molecule has 1 atom stereocenters. The number of hydrogen-bond donors (Lipinski definition) is 1. The van der Waals surface area contributed by atoms with E-state index in [0.29, 0.717) is 13.0 Å². The van der Waals surface area contributed by atoms with E-state index in [-0.39, 0.29) is 17.9 Å². The Morgan fingerprint density at radius 2 is 2.12 bits per heavy atom. The fraction of sp³-hybridized carbons (Fsp3) is 0.833. The first-order valence-electron chi connectivity index (χ1n) is 6.37. The molecule has 1 rings (SSSR count). The third-order valence-electron chi connectivity index (χ3n) is 3.36. The molecule has 0 spiro atoms. The second kappa shape index (κ2) is 6.59. The van der Waals surface area contributed by atoms with Crippen LogP contribution < -0.4 is 5.32 Å². The molecule has 0 radical (unpaired) electrons. The predicted octanol–water partition coefficient (Wildman–Crippen LogP) is 0.0652. The van der Waals surface area contributed by atoms with Crippen LogP contribution in [0.4, 0.5) is 0 Å². The van der Waals surface area contributed by atoms with Crippen LogP contribution in [0.1, 0.15) is 26.7 Å². The molecular formula is C12H23N3O2. The minimum Gasteiger partial charge on any atom is -0.343 e. The van der Waals surface area contributed by atoms with E-state index in [0.717, 1.165) is 26.1 Å². The number of nitrogens with one attached hydrogen (secondary N) is 1. The van der Waals surface area contributed by atoms with Gasteiger partial charge in [0.25, 0.3) is 0 Å². The number of carbonyl (C=O) groups excluding carboxylic acids is 2. The molecule has 0 saturated carbocycles. The fourth-order valence-electron chi connectivity index (χ4n) is 2.19. The van der Waals surface area contributed by atoms with Crippen molar-refractivity contribution in [3.05, 3.63) is 0 Å². The van der Waals surface area contributed by atoms with Crippen LogP contribution in [0.2, 0.25) is 0 Å². The van der Waals surface area contributed by atoms with Gasteiger partial charge in [0.2, 0.25) is 11.8 Å². The topological polar surface area (TPSA) is 52.7 Å². The molecule has 0 bridgehead atoms. The fourth-order valence-corrected chi connectivity index (χ4v) is 2.19. The molecule has 17 heavy (non-hydrogen) atoms. The van der Waals surface area contributed by atoms with Gasteiger partial charge in [-0.05, 0) is 27.3 Å². The van der Waals surface area contributed by atoms with Gasteiger partial charge in [0, 0.05) is 32.6 Å². The number of hydrogen-bond acceptors (Lipinski definition) is 3. The van der Waals surface area contributed by atoms with E-state index in [1.165, 1.54) is 0 Å². The van der Waals surface area contributed by atoms with E-state index in [4.69, 9.17) is 0 Å². The van der Waals surface area contributed by atoms with Crippen LogP contribution >= 0.6 is 0 Å². The summed E-state index contributed by atoms with van der Waals surface area (Å²) >= 11 is 0. The summed E-state index contributed by atoms with van der Waals surface area (Å²) in [4.78, 5) is 27.2. The van der Waals surface area contributed by atoms with Crippen molar-refractivity contribution >= 4 is 11.8 Å². The molecule has 1 N–H and O–H groups in total. The Bertz CT molecular complexity index is 277. The van der Waals surface area contributed by atoms with Crippen molar-refractivity contribution in [2.45, 2.75) is 32.7 Å². The van der Waals surface area contributed by atoms with E-state index in [1.54, 1.807) is 16.8 Å². The van der Waals surface area contributed by atoms with Crippen molar-refractivity contribution in [1.29, 1.82) is 0 Å². The zero-order chi connectivity index (χ0) is 12.8. The van der Waals surface area contributed by atoms with Gasteiger partial charge >= 0.3 is 0 Å². The molecule has 1 aliphatic rings. The van der Waals surface area contributed by atoms with Crippen molar-refractivity contribution in [2.24, 2.45) is 0 Å². The first-order valence-corrected chi connectivity index (χ1v) is 6.37. The molecule has 2 amide bonds. The zero-order valence-corrected chi connectivity index (χ0v) is 11.0. The molecule has 1 aliphatic heterocycles. The lowest BCUT2D eigenvalue weighted by Gasteiger charge is -2.21. The lowest BCUT2D eigenvalue weighted by atomic mass is 10.2. The quantitative estimate of drug-likeness (QED) is 0.716. The molecule has 1 fully saturated rings. The van der Waals surface area contributed by atoms with Crippen LogP contribution in [-0.2, 0) is 9.59 Å². The van der Waals surface area contributed by atoms with Crippen molar-refractivity contribution in [3.63, 3.8) is 0 Å². The standard InChI is InChI=1S/C12H23N3O2/c1-4-14(5-2)11(16)7-9-15-8-6-10(13-3)12(15)17/h10,13H,4-9H2,1-3H3. The maximum atomic E-state index is 11.8. The summed E-state index contributed by atoms with van der Waals surface area (Å²) in [5.41, 5.74) is 0. The van der Waals surface area contributed by atoms with Crippen molar-refractivity contribution in [3.8, 4) is 0 Å². The molecule has 0 aliphatic carbocycles. The molecule has 5 nitrogen and oxygen atoms in total. The SMILES string of the molecule is CCN(CC)C(=O)CCN1CCC(NC)C1=O. The summed E-state index contributed by atoms with van der Waals surface area (Å²) in [5.74, 6) is 0.260. The highest BCUT2D eigenvalue weighted by Crippen LogP contribution is 2.11. The number of nitrogens with zero attached hydrogens (tertiary/aromatic N) is 2. The summed E-state index contributed by atoms with van der Waals surface area (Å²) in [6.45, 7) is 6.73. The number of rotatable bonds is 6. The molecule has 5 heteroatoms. The summed E-state index contributed by atoms with van der Waals surface area (Å²) in [6, 6.07) is -0.0569.